The van der Waals surface area contributed by atoms with Gasteiger partial charge in [0.1, 0.15) is 12.0 Å². The molecule has 2 N–H and O–H groups in total. The third-order valence-corrected chi connectivity index (χ3v) is 2.29. The molecule has 15 heavy (non-hydrogen) atoms. The van der Waals surface area contributed by atoms with Crippen LogP contribution in [-0.4, -0.2) is 15.5 Å². The Labute approximate surface area is 91.3 Å². The number of imidazole rings is 1. The summed E-state index contributed by atoms with van der Waals surface area (Å²) in [6.07, 6.45) is 3.05. The first kappa shape index (κ1) is 9.73. The number of nitrogens with two attached hydrogens (primary N) is 1. The zero-order chi connectivity index (χ0) is 10.8. The molecule has 1 amide bonds. The molecule has 0 unspecified atom stereocenters. The van der Waals surface area contributed by atoms with Gasteiger partial charge >= 0.3 is 0 Å². The highest BCUT2D eigenvalue weighted by Gasteiger charge is 2.07. The van der Waals surface area contributed by atoms with Crippen molar-refractivity contribution in [2.45, 2.75) is 0 Å². The fourth-order valence-corrected chi connectivity index (χ4v) is 1.48. The number of aromatic nitrogens is 2. The summed E-state index contributed by atoms with van der Waals surface area (Å²) in [5.74, 6) is -0.555. The highest BCUT2D eigenvalue weighted by Crippen LogP contribution is 2.19. The number of carbonyl (C=O) groups is 1. The second kappa shape index (κ2) is 3.74. The Kier molecular flexibility index (Phi) is 2.43. The van der Waals surface area contributed by atoms with Crippen LogP contribution >= 0.6 is 11.6 Å². The molecule has 0 fully saturated rings. The lowest BCUT2D eigenvalue weighted by atomic mass is 10.3. The molecule has 0 bridgehead atoms. The first-order valence-corrected chi connectivity index (χ1v) is 4.65. The van der Waals surface area contributed by atoms with Gasteiger partial charge in [-0.05, 0) is 12.1 Å². The maximum atomic E-state index is 10.8. The Hall–Kier alpha value is -1.81. The van der Waals surface area contributed by atoms with E-state index in [1.54, 1.807) is 16.8 Å². The van der Waals surface area contributed by atoms with E-state index in [0.717, 1.165) is 5.69 Å². The normalized spacial score (nSPS) is 10.2. The van der Waals surface area contributed by atoms with Gasteiger partial charge in [0, 0.05) is 6.20 Å². The number of hydrogen-bond donors (Lipinski definition) is 1. The molecule has 0 aliphatic carbocycles. The van der Waals surface area contributed by atoms with E-state index in [2.05, 4.69) is 4.98 Å². The van der Waals surface area contributed by atoms with Crippen LogP contribution < -0.4 is 5.73 Å². The van der Waals surface area contributed by atoms with E-state index in [-0.39, 0.29) is 5.69 Å². The van der Waals surface area contributed by atoms with E-state index in [1.165, 1.54) is 6.33 Å². The molecule has 0 aliphatic heterocycles. The second-order valence-corrected chi connectivity index (χ2v) is 3.39. The molecule has 1 aromatic heterocycles. The van der Waals surface area contributed by atoms with Crippen molar-refractivity contribution >= 4 is 17.5 Å². The number of para-hydroxylation sites is 1. The number of hydrogen-bond acceptors (Lipinski definition) is 2. The second-order valence-electron chi connectivity index (χ2n) is 2.98. The van der Waals surface area contributed by atoms with Crippen molar-refractivity contribution in [1.82, 2.24) is 9.55 Å². The first-order valence-electron chi connectivity index (χ1n) is 4.27. The van der Waals surface area contributed by atoms with Crippen LogP contribution in [0.4, 0.5) is 0 Å². The monoisotopic (exact) mass is 221 g/mol. The molecule has 0 saturated heterocycles. The quantitative estimate of drug-likeness (QED) is 0.838. The van der Waals surface area contributed by atoms with Gasteiger partial charge in [0.25, 0.3) is 5.91 Å². The summed E-state index contributed by atoms with van der Waals surface area (Å²) >= 11 is 5.98. The smallest absolute Gasteiger partial charge is 0.268 e. The van der Waals surface area contributed by atoms with Crippen LogP contribution in [0.2, 0.25) is 5.02 Å². The fourth-order valence-electron chi connectivity index (χ4n) is 1.24. The molecule has 4 nitrogen and oxygen atoms in total. The molecular formula is C10H8ClN3O. The number of carbonyl (C=O) groups excluding carboxylic acids is 1. The molecule has 1 aromatic carbocycles. The average molecular weight is 222 g/mol. The number of benzene rings is 1. The predicted molar refractivity (Wildman–Crippen MR) is 57.1 cm³/mol. The van der Waals surface area contributed by atoms with Crippen LogP contribution in [0.1, 0.15) is 10.5 Å². The molecule has 76 valence electrons. The molecule has 2 aromatic rings. The minimum atomic E-state index is -0.555. The fraction of sp³-hybridized carbons (Fsp3) is 0. The number of rotatable bonds is 2. The number of halogens is 1. The van der Waals surface area contributed by atoms with Crippen LogP contribution in [-0.2, 0) is 0 Å². The van der Waals surface area contributed by atoms with E-state index in [0.29, 0.717) is 5.02 Å². The van der Waals surface area contributed by atoms with Crippen molar-refractivity contribution in [3.63, 3.8) is 0 Å². The summed E-state index contributed by atoms with van der Waals surface area (Å²) in [5, 5.41) is 0.589. The lowest BCUT2D eigenvalue weighted by Crippen LogP contribution is -2.11. The minimum Gasteiger partial charge on any atom is -0.364 e. The van der Waals surface area contributed by atoms with Crippen LogP contribution in [0, 0.1) is 0 Å². The van der Waals surface area contributed by atoms with E-state index in [9.17, 15) is 4.79 Å². The molecule has 5 heteroatoms. The molecule has 0 aliphatic rings. The summed E-state index contributed by atoms with van der Waals surface area (Å²) in [5.41, 5.74) is 6.08. The third kappa shape index (κ3) is 1.85. The average Bonchev–Trinajstić information content (AvgIpc) is 2.67. The largest absolute Gasteiger partial charge is 0.364 e. The summed E-state index contributed by atoms with van der Waals surface area (Å²) in [7, 11) is 0. The van der Waals surface area contributed by atoms with Crippen LogP contribution in [0.15, 0.2) is 36.8 Å². The van der Waals surface area contributed by atoms with E-state index < -0.39 is 5.91 Å². The van der Waals surface area contributed by atoms with Gasteiger partial charge in [0.2, 0.25) is 0 Å². The first-order chi connectivity index (χ1) is 7.18. The lowest BCUT2D eigenvalue weighted by molar-refractivity contribution is 0.0996. The molecule has 0 radical (unpaired) electrons. The van der Waals surface area contributed by atoms with Gasteiger partial charge in [-0.2, -0.15) is 0 Å². The van der Waals surface area contributed by atoms with Crippen molar-refractivity contribution in [3.8, 4) is 5.69 Å². The van der Waals surface area contributed by atoms with Crippen molar-refractivity contribution in [1.29, 1.82) is 0 Å². The minimum absolute atomic E-state index is 0.218. The maximum absolute atomic E-state index is 10.8. The van der Waals surface area contributed by atoms with Crippen molar-refractivity contribution in [2.75, 3.05) is 0 Å². The van der Waals surface area contributed by atoms with Gasteiger partial charge in [-0.1, -0.05) is 23.7 Å². The number of amides is 1. The van der Waals surface area contributed by atoms with Crippen molar-refractivity contribution < 1.29 is 4.79 Å². The van der Waals surface area contributed by atoms with Gasteiger partial charge in [0.05, 0.1) is 10.7 Å². The van der Waals surface area contributed by atoms with Crippen LogP contribution in [0.25, 0.3) is 5.69 Å². The van der Waals surface area contributed by atoms with Gasteiger partial charge < -0.3 is 10.3 Å². The highest BCUT2D eigenvalue weighted by atomic mass is 35.5. The molecule has 1 heterocycles. The Morgan fingerprint density at radius 2 is 2.13 bits per heavy atom. The Balaban J connectivity index is 2.46. The third-order valence-electron chi connectivity index (χ3n) is 1.97. The molecular weight excluding hydrogens is 214 g/mol. The SMILES string of the molecule is NC(=O)c1cn(-c2ccccc2Cl)cn1. The van der Waals surface area contributed by atoms with E-state index in [4.69, 9.17) is 17.3 Å². The van der Waals surface area contributed by atoms with E-state index in [1.807, 2.05) is 18.2 Å². The number of primary amides is 1. The van der Waals surface area contributed by atoms with Crippen molar-refractivity contribution in [2.24, 2.45) is 5.73 Å². The molecule has 0 saturated carbocycles. The Morgan fingerprint density at radius 1 is 1.40 bits per heavy atom. The zero-order valence-corrected chi connectivity index (χ0v) is 8.48. The van der Waals surface area contributed by atoms with E-state index >= 15 is 0 Å². The van der Waals surface area contributed by atoms with Gasteiger partial charge in [0.15, 0.2) is 0 Å². The predicted octanol–water partition coefficient (Wildman–Crippen LogP) is 1.62. The van der Waals surface area contributed by atoms with Gasteiger partial charge in [-0.3, -0.25) is 4.79 Å². The maximum Gasteiger partial charge on any atom is 0.268 e. The zero-order valence-electron chi connectivity index (χ0n) is 7.72. The molecule has 0 spiro atoms. The molecule has 2 rings (SSSR count). The Bertz CT molecular complexity index is 507. The topological polar surface area (TPSA) is 60.9 Å². The van der Waals surface area contributed by atoms with Crippen LogP contribution in [0.5, 0.6) is 0 Å². The number of nitrogens with zero attached hydrogens (tertiary/aromatic N) is 2. The van der Waals surface area contributed by atoms with Crippen LogP contribution in [0.3, 0.4) is 0 Å². The summed E-state index contributed by atoms with van der Waals surface area (Å²) in [6.45, 7) is 0. The summed E-state index contributed by atoms with van der Waals surface area (Å²) < 4.78 is 1.66. The van der Waals surface area contributed by atoms with Crippen molar-refractivity contribution in [3.05, 3.63) is 47.5 Å². The molecule has 0 atom stereocenters. The van der Waals surface area contributed by atoms with Gasteiger partial charge in [-0.15, -0.1) is 0 Å². The Morgan fingerprint density at radius 3 is 2.73 bits per heavy atom. The standard InChI is InChI=1S/C10H8ClN3O/c11-7-3-1-2-4-9(7)14-5-8(10(12)15)13-6-14/h1-6H,(H2,12,15). The van der Waals surface area contributed by atoms with Gasteiger partial charge in [-0.25, -0.2) is 4.98 Å². The lowest BCUT2D eigenvalue weighted by Gasteiger charge is -2.02. The summed E-state index contributed by atoms with van der Waals surface area (Å²) in [6, 6.07) is 7.28. The highest BCUT2D eigenvalue weighted by molar-refractivity contribution is 6.32. The summed E-state index contributed by atoms with van der Waals surface area (Å²) in [4.78, 5) is 14.7.